The summed E-state index contributed by atoms with van der Waals surface area (Å²) in [6.45, 7) is 16.8. The summed E-state index contributed by atoms with van der Waals surface area (Å²) < 4.78 is 0. The van der Waals surface area contributed by atoms with E-state index < -0.39 is 0 Å². The highest BCUT2D eigenvalue weighted by Gasteiger charge is 2.48. The number of amides is 2. The van der Waals surface area contributed by atoms with Gasteiger partial charge in [-0.25, -0.2) is 0 Å². The van der Waals surface area contributed by atoms with E-state index in [4.69, 9.17) is 23.2 Å². The van der Waals surface area contributed by atoms with Crippen molar-refractivity contribution in [3.8, 4) is 0 Å². The zero-order valence-electron chi connectivity index (χ0n) is 21.8. The molecule has 2 atom stereocenters. The minimum atomic E-state index is -0.145. The van der Waals surface area contributed by atoms with Gasteiger partial charge in [0, 0.05) is 73.3 Å². The van der Waals surface area contributed by atoms with Crippen LogP contribution in [-0.4, -0.2) is 67.6 Å². The van der Waals surface area contributed by atoms with Crippen LogP contribution >= 0.6 is 23.2 Å². The van der Waals surface area contributed by atoms with Gasteiger partial charge in [0.25, 0.3) is 0 Å². The topological polar surface area (TPSA) is 64.7 Å². The Kier molecular flexibility index (Phi) is 10.7. The number of rotatable bonds is 12. The van der Waals surface area contributed by atoms with Gasteiger partial charge in [0.2, 0.25) is 11.8 Å². The van der Waals surface area contributed by atoms with Crippen LogP contribution in [0.25, 0.3) is 0 Å². The Balaban J connectivity index is 1.54. The zero-order valence-corrected chi connectivity index (χ0v) is 23.3. The van der Waals surface area contributed by atoms with Gasteiger partial charge in [0.05, 0.1) is 0 Å². The molecule has 3 aliphatic rings. The quantitative estimate of drug-likeness (QED) is 0.217. The molecule has 2 aliphatic heterocycles. The predicted molar refractivity (Wildman–Crippen MR) is 149 cm³/mol. The summed E-state index contributed by atoms with van der Waals surface area (Å²) in [5.41, 5.74) is 0.812. The molecule has 1 aliphatic carbocycles. The zero-order chi connectivity index (χ0) is 26.3. The number of hydrogen-bond donors (Lipinski definition) is 2. The second-order valence-electron chi connectivity index (χ2n) is 10.7. The van der Waals surface area contributed by atoms with E-state index in [1.54, 1.807) is 6.08 Å². The minimum absolute atomic E-state index is 0.0194. The number of piperidine rings is 1. The van der Waals surface area contributed by atoms with Crippen molar-refractivity contribution in [3.05, 3.63) is 47.0 Å². The monoisotopic (exact) mass is 536 g/mol. The minimum Gasteiger partial charge on any atom is -0.342 e. The van der Waals surface area contributed by atoms with Crippen LogP contribution in [0.2, 0.25) is 0 Å². The number of allylic oxidation sites excluding steroid dienone is 4. The van der Waals surface area contributed by atoms with Crippen molar-refractivity contribution in [2.75, 3.05) is 45.9 Å². The van der Waals surface area contributed by atoms with Crippen molar-refractivity contribution < 1.29 is 9.59 Å². The second-order valence-corrected chi connectivity index (χ2v) is 11.7. The molecule has 200 valence electrons. The Morgan fingerprint density at radius 2 is 1.75 bits per heavy atom. The molecule has 3 fully saturated rings. The first-order chi connectivity index (χ1) is 17.1. The van der Waals surface area contributed by atoms with Crippen LogP contribution in [0.3, 0.4) is 0 Å². The van der Waals surface area contributed by atoms with E-state index in [9.17, 15) is 9.59 Å². The third-order valence-electron chi connectivity index (χ3n) is 7.73. The molecular formula is C28H42Cl2N4O2. The van der Waals surface area contributed by atoms with Crippen LogP contribution in [0, 0.1) is 23.2 Å². The normalized spacial score (nSPS) is 24.4. The van der Waals surface area contributed by atoms with Gasteiger partial charge in [-0.15, -0.1) is 0 Å². The molecule has 2 heterocycles. The highest BCUT2D eigenvalue weighted by atomic mass is 35.5. The molecule has 2 N–H and O–H groups in total. The number of nitrogens with one attached hydrogen (secondary N) is 2. The van der Waals surface area contributed by atoms with Crippen LogP contribution in [0.5, 0.6) is 0 Å². The average molecular weight is 538 g/mol. The van der Waals surface area contributed by atoms with Gasteiger partial charge >= 0.3 is 0 Å². The van der Waals surface area contributed by atoms with Crippen molar-refractivity contribution in [3.63, 3.8) is 0 Å². The Morgan fingerprint density at radius 3 is 2.36 bits per heavy atom. The van der Waals surface area contributed by atoms with Crippen LogP contribution in [0.1, 0.15) is 46.0 Å². The van der Waals surface area contributed by atoms with Crippen molar-refractivity contribution >= 4 is 35.0 Å². The van der Waals surface area contributed by atoms with Crippen LogP contribution < -0.4 is 10.6 Å². The van der Waals surface area contributed by atoms with E-state index in [0.717, 1.165) is 49.3 Å². The molecule has 8 heteroatoms. The Morgan fingerprint density at radius 1 is 1.06 bits per heavy atom. The van der Waals surface area contributed by atoms with E-state index in [0.29, 0.717) is 44.4 Å². The number of hydrogen-bond acceptors (Lipinski definition) is 4. The lowest BCUT2D eigenvalue weighted by atomic mass is 9.89. The van der Waals surface area contributed by atoms with Crippen molar-refractivity contribution in [2.24, 2.45) is 23.2 Å². The van der Waals surface area contributed by atoms with Gasteiger partial charge in [-0.3, -0.25) is 14.9 Å². The Bertz CT molecular complexity index is 888. The summed E-state index contributed by atoms with van der Waals surface area (Å²) in [4.78, 5) is 30.1. The lowest BCUT2D eigenvalue weighted by Crippen LogP contribution is -2.46. The summed E-state index contributed by atoms with van der Waals surface area (Å²) in [6.07, 6.45) is 10.1. The van der Waals surface area contributed by atoms with Crippen molar-refractivity contribution in [1.29, 1.82) is 0 Å². The summed E-state index contributed by atoms with van der Waals surface area (Å²) in [6, 6.07) is 0. The maximum absolute atomic E-state index is 13.5. The standard InChI is InChI=1S/C28H42Cl2N4O2/c1-5-6-24(30)16-32-19-31-15-23-17-34(18-25(23)20(2)7-8-21(3)29)26(35)22-9-13-33(14-10-22)27(36)28(4)11-12-28/h6-8,22-23,25,31-32H,2-3,5,9-19H2,1,4H3. The van der Waals surface area contributed by atoms with Crippen molar-refractivity contribution in [2.45, 2.75) is 46.0 Å². The van der Waals surface area contributed by atoms with Gasteiger partial charge in [-0.2, -0.15) is 0 Å². The molecular weight excluding hydrogens is 495 g/mol. The Labute approximate surface area is 226 Å². The number of nitrogens with zero attached hydrogens (tertiary/aromatic N) is 2. The summed E-state index contributed by atoms with van der Waals surface area (Å²) >= 11 is 12.1. The lowest BCUT2D eigenvalue weighted by Gasteiger charge is -2.34. The fourth-order valence-electron chi connectivity index (χ4n) is 5.19. The number of carbonyl (C=O) groups excluding carboxylic acids is 2. The molecule has 0 bridgehead atoms. The molecule has 0 spiro atoms. The molecule has 0 aromatic carbocycles. The third-order valence-corrected chi connectivity index (χ3v) is 8.14. The molecule has 1 saturated carbocycles. The van der Waals surface area contributed by atoms with Crippen LogP contribution in [0.15, 0.2) is 47.0 Å². The van der Waals surface area contributed by atoms with Gasteiger partial charge in [-0.05, 0) is 49.7 Å². The van der Waals surface area contributed by atoms with E-state index in [-0.39, 0.29) is 35.0 Å². The average Bonchev–Trinajstić information content (AvgIpc) is 3.47. The molecule has 6 nitrogen and oxygen atoms in total. The Hall–Kier alpha value is -1.60. The fourth-order valence-corrected chi connectivity index (χ4v) is 5.50. The first kappa shape index (κ1) is 29.0. The van der Waals surface area contributed by atoms with Crippen LogP contribution in [0.4, 0.5) is 0 Å². The SMILES string of the molecule is C=C(Cl)C=CC(=C)C1CN(C(=O)C2CCN(C(=O)C3(C)CC3)CC2)CC1CNCNCC(Cl)=CCC. The summed E-state index contributed by atoms with van der Waals surface area (Å²) in [5.74, 6) is 0.850. The second kappa shape index (κ2) is 13.3. The maximum Gasteiger partial charge on any atom is 0.228 e. The maximum atomic E-state index is 13.5. The van der Waals surface area contributed by atoms with Crippen LogP contribution in [-0.2, 0) is 9.59 Å². The summed E-state index contributed by atoms with van der Waals surface area (Å²) in [7, 11) is 0. The van der Waals surface area contributed by atoms with Gasteiger partial charge in [0.1, 0.15) is 0 Å². The molecule has 36 heavy (non-hydrogen) atoms. The first-order valence-corrected chi connectivity index (χ1v) is 14.0. The highest BCUT2D eigenvalue weighted by Crippen LogP contribution is 2.47. The number of carbonyl (C=O) groups is 2. The molecule has 2 amide bonds. The summed E-state index contributed by atoms with van der Waals surface area (Å²) in [5, 5.41) is 8.04. The number of halogens is 2. The van der Waals surface area contributed by atoms with Gasteiger partial charge < -0.3 is 15.1 Å². The van der Waals surface area contributed by atoms with E-state index in [2.05, 4.69) is 37.6 Å². The fraction of sp³-hybridized carbons (Fsp3) is 0.643. The van der Waals surface area contributed by atoms with E-state index in [1.165, 1.54) is 0 Å². The highest BCUT2D eigenvalue weighted by molar-refractivity contribution is 6.30. The van der Waals surface area contributed by atoms with Crippen molar-refractivity contribution in [1.82, 2.24) is 20.4 Å². The van der Waals surface area contributed by atoms with Gasteiger partial charge in [0.15, 0.2) is 0 Å². The predicted octanol–water partition coefficient (Wildman–Crippen LogP) is 4.63. The third kappa shape index (κ3) is 7.95. The molecule has 2 saturated heterocycles. The first-order valence-electron chi connectivity index (χ1n) is 13.2. The molecule has 3 rings (SSSR count). The molecule has 0 aromatic rings. The smallest absolute Gasteiger partial charge is 0.228 e. The lowest BCUT2D eigenvalue weighted by molar-refractivity contribution is -0.142. The molecule has 0 radical (unpaired) electrons. The number of likely N-dealkylation sites (tertiary alicyclic amines) is 2. The van der Waals surface area contributed by atoms with Gasteiger partial charge in [-0.1, -0.05) is 62.4 Å². The van der Waals surface area contributed by atoms with E-state index in [1.807, 2.05) is 22.0 Å². The van der Waals surface area contributed by atoms with E-state index >= 15 is 0 Å². The largest absolute Gasteiger partial charge is 0.342 e. The molecule has 2 unspecified atom stereocenters. The molecule has 0 aromatic heterocycles.